The van der Waals surface area contributed by atoms with Crippen molar-refractivity contribution < 1.29 is 0 Å². The van der Waals surface area contributed by atoms with Crippen LogP contribution in [0.2, 0.25) is 0 Å². The van der Waals surface area contributed by atoms with E-state index in [9.17, 15) is 0 Å². The van der Waals surface area contributed by atoms with Crippen LogP contribution in [-0.4, -0.2) is 9.55 Å². The molecular weight excluding hydrogens is 605 g/mol. The molecular formula is C48H34N2. The van der Waals surface area contributed by atoms with Crippen molar-refractivity contribution in [2.24, 2.45) is 0 Å². The lowest BCUT2D eigenvalue weighted by molar-refractivity contribution is 0.661. The number of hydrogen-bond acceptors (Lipinski definition) is 1. The fourth-order valence-electron chi connectivity index (χ4n) is 8.28. The van der Waals surface area contributed by atoms with Gasteiger partial charge in [0.05, 0.1) is 16.6 Å². The third kappa shape index (κ3) is 4.32. The van der Waals surface area contributed by atoms with Gasteiger partial charge in [0.1, 0.15) is 5.82 Å². The Balaban J connectivity index is 1.17. The van der Waals surface area contributed by atoms with Gasteiger partial charge in [-0.2, -0.15) is 0 Å². The zero-order valence-electron chi connectivity index (χ0n) is 28.1. The van der Waals surface area contributed by atoms with Gasteiger partial charge < -0.3 is 0 Å². The van der Waals surface area contributed by atoms with Gasteiger partial charge in [0.15, 0.2) is 0 Å². The van der Waals surface area contributed by atoms with Crippen LogP contribution in [0, 0.1) is 0 Å². The Bertz CT molecular complexity index is 2770. The highest BCUT2D eigenvalue weighted by Crippen LogP contribution is 2.51. The van der Waals surface area contributed by atoms with Crippen molar-refractivity contribution in [1.82, 2.24) is 9.55 Å². The van der Waals surface area contributed by atoms with E-state index in [1.54, 1.807) is 0 Å². The number of nitrogens with zero attached hydrogens (tertiary/aromatic N) is 2. The van der Waals surface area contributed by atoms with Crippen molar-refractivity contribution in [3.63, 3.8) is 0 Å². The molecule has 0 aliphatic heterocycles. The molecule has 0 unspecified atom stereocenters. The van der Waals surface area contributed by atoms with Gasteiger partial charge in [-0.25, -0.2) is 4.98 Å². The number of pyridine rings is 1. The monoisotopic (exact) mass is 638 g/mol. The fourth-order valence-corrected chi connectivity index (χ4v) is 8.28. The van der Waals surface area contributed by atoms with Crippen molar-refractivity contribution >= 4 is 32.7 Å². The second-order valence-corrected chi connectivity index (χ2v) is 14.0. The molecule has 0 radical (unpaired) electrons. The Morgan fingerprint density at radius 2 is 1.04 bits per heavy atom. The predicted molar refractivity (Wildman–Crippen MR) is 210 cm³/mol. The third-order valence-electron chi connectivity index (χ3n) is 10.8. The van der Waals surface area contributed by atoms with Crippen molar-refractivity contribution in [1.29, 1.82) is 0 Å². The van der Waals surface area contributed by atoms with E-state index in [4.69, 9.17) is 4.98 Å². The summed E-state index contributed by atoms with van der Waals surface area (Å²) in [7, 11) is 0. The highest BCUT2D eigenvalue weighted by atomic mass is 15.1. The molecule has 2 heterocycles. The van der Waals surface area contributed by atoms with E-state index in [0.717, 1.165) is 16.7 Å². The van der Waals surface area contributed by atoms with Crippen LogP contribution in [0.5, 0.6) is 0 Å². The minimum atomic E-state index is -0.0649. The van der Waals surface area contributed by atoms with Crippen LogP contribution in [0.25, 0.3) is 83.0 Å². The molecule has 0 bridgehead atoms. The van der Waals surface area contributed by atoms with Crippen molar-refractivity contribution in [2.75, 3.05) is 0 Å². The largest absolute Gasteiger partial charge is 0.294 e. The summed E-state index contributed by atoms with van der Waals surface area (Å²) < 4.78 is 2.38. The minimum absolute atomic E-state index is 0.0649. The summed E-state index contributed by atoms with van der Waals surface area (Å²) >= 11 is 0. The maximum absolute atomic E-state index is 5.35. The first-order valence-electron chi connectivity index (χ1n) is 17.4. The Hall–Kier alpha value is -6.25. The van der Waals surface area contributed by atoms with Crippen molar-refractivity contribution in [3.05, 3.63) is 181 Å². The van der Waals surface area contributed by atoms with Crippen LogP contribution in [0.4, 0.5) is 0 Å². The summed E-state index contributed by atoms with van der Waals surface area (Å²) in [5.74, 6) is 0.924. The lowest BCUT2D eigenvalue weighted by Gasteiger charge is -2.21. The van der Waals surface area contributed by atoms with E-state index in [1.807, 2.05) is 0 Å². The molecule has 0 fully saturated rings. The highest BCUT2D eigenvalue weighted by Gasteiger charge is 2.36. The van der Waals surface area contributed by atoms with E-state index in [0.29, 0.717) is 0 Å². The first kappa shape index (κ1) is 28.7. The first-order valence-corrected chi connectivity index (χ1v) is 17.4. The molecule has 50 heavy (non-hydrogen) atoms. The van der Waals surface area contributed by atoms with Crippen LogP contribution < -0.4 is 0 Å². The molecule has 7 aromatic carbocycles. The molecule has 2 nitrogen and oxygen atoms in total. The number of benzene rings is 7. The van der Waals surface area contributed by atoms with E-state index >= 15 is 0 Å². The Morgan fingerprint density at radius 3 is 1.88 bits per heavy atom. The van der Waals surface area contributed by atoms with Gasteiger partial charge >= 0.3 is 0 Å². The highest BCUT2D eigenvalue weighted by molar-refractivity contribution is 6.11. The van der Waals surface area contributed by atoms with E-state index in [-0.39, 0.29) is 5.41 Å². The Morgan fingerprint density at radius 1 is 0.400 bits per heavy atom. The number of aromatic nitrogens is 2. The SMILES string of the molecule is CC1(C)c2ccccc2-c2cc3c(cc21)c1ccccc1n3-c1cc(-c2cccc(-c3ccc(-c4ccccc4)cc3)c2)c2ccccc2n1. The quantitative estimate of drug-likeness (QED) is 0.188. The summed E-state index contributed by atoms with van der Waals surface area (Å²) in [6, 6.07) is 61.7. The molecule has 0 amide bonds. The zero-order chi connectivity index (χ0) is 33.4. The average Bonchev–Trinajstić information content (AvgIpc) is 3.62. The molecule has 1 aliphatic rings. The standard InChI is InChI=1S/C48H34N2/c1-48(2)42-20-9-6-17-36(42)40-29-46-41(28-43(40)48)38-19-8-11-22-45(38)50(46)47-30-39(37-18-7-10-21-44(37)49-47)35-16-12-15-34(27-35)33-25-23-32(24-26-33)31-13-4-3-5-14-31/h3-30H,1-2H3. The molecule has 2 aromatic heterocycles. The maximum atomic E-state index is 5.35. The summed E-state index contributed by atoms with van der Waals surface area (Å²) in [6.45, 7) is 4.71. The van der Waals surface area contributed by atoms with Crippen LogP contribution in [-0.2, 0) is 5.41 Å². The third-order valence-corrected chi connectivity index (χ3v) is 10.8. The second-order valence-electron chi connectivity index (χ2n) is 14.0. The molecule has 10 rings (SSSR count). The van der Waals surface area contributed by atoms with Crippen molar-refractivity contribution in [2.45, 2.75) is 19.3 Å². The molecule has 0 saturated heterocycles. The van der Waals surface area contributed by atoms with Crippen molar-refractivity contribution in [3.8, 4) is 50.3 Å². The molecule has 0 atom stereocenters. The van der Waals surface area contributed by atoms with Gasteiger partial charge in [0, 0.05) is 21.6 Å². The number of fused-ring (bicyclic) bond motifs is 7. The fraction of sp³-hybridized carbons (Fsp3) is 0.0625. The molecule has 0 saturated carbocycles. The molecule has 0 spiro atoms. The van der Waals surface area contributed by atoms with Crippen LogP contribution >= 0.6 is 0 Å². The van der Waals surface area contributed by atoms with E-state index in [2.05, 4.69) is 188 Å². The van der Waals surface area contributed by atoms with E-state index in [1.165, 1.54) is 77.4 Å². The lowest BCUT2D eigenvalue weighted by atomic mass is 9.82. The van der Waals surface area contributed by atoms with Gasteiger partial charge in [0.2, 0.25) is 0 Å². The number of rotatable bonds is 4. The van der Waals surface area contributed by atoms with Gasteiger partial charge in [-0.1, -0.05) is 147 Å². The van der Waals surface area contributed by atoms with Crippen LogP contribution in [0.3, 0.4) is 0 Å². The number of para-hydroxylation sites is 2. The summed E-state index contributed by atoms with van der Waals surface area (Å²) in [5, 5.41) is 3.65. The summed E-state index contributed by atoms with van der Waals surface area (Å²) in [4.78, 5) is 5.35. The van der Waals surface area contributed by atoms with Crippen LogP contribution in [0.1, 0.15) is 25.0 Å². The summed E-state index contributed by atoms with van der Waals surface area (Å²) in [6.07, 6.45) is 0. The first-order chi connectivity index (χ1) is 24.5. The van der Waals surface area contributed by atoms with Gasteiger partial charge in [-0.05, 0) is 92.0 Å². The normalized spacial score (nSPS) is 13.2. The number of hydrogen-bond donors (Lipinski definition) is 0. The van der Waals surface area contributed by atoms with Gasteiger partial charge in [-0.3, -0.25) is 4.57 Å². The summed E-state index contributed by atoms with van der Waals surface area (Å²) in [5.41, 5.74) is 15.9. The van der Waals surface area contributed by atoms with Crippen LogP contribution in [0.15, 0.2) is 170 Å². The molecule has 9 aromatic rings. The molecule has 1 aliphatic carbocycles. The zero-order valence-corrected chi connectivity index (χ0v) is 28.1. The van der Waals surface area contributed by atoms with Gasteiger partial charge in [0.25, 0.3) is 0 Å². The predicted octanol–water partition coefficient (Wildman–Crippen LogP) is 12.6. The lowest BCUT2D eigenvalue weighted by Crippen LogP contribution is -2.14. The maximum Gasteiger partial charge on any atom is 0.138 e. The Kier molecular flexibility index (Phi) is 6.25. The topological polar surface area (TPSA) is 17.8 Å². The Labute approximate surface area is 291 Å². The average molecular weight is 639 g/mol. The van der Waals surface area contributed by atoms with E-state index < -0.39 is 0 Å². The molecule has 0 N–H and O–H groups in total. The minimum Gasteiger partial charge on any atom is -0.294 e. The molecule has 236 valence electrons. The molecule has 2 heteroatoms. The van der Waals surface area contributed by atoms with Gasteiger partial charge in [-0.15, -0.1) is 0 Å². The second kappa shape index (κ2) is 10.9. The smallest absolute Gasteiger partial charge is 0.138 e.